The van der Waals surface area contributed by atoms with E-state index in [0.29, 0.717) is 17.3 Å². The Morgan fingerprint density at radius 2 is 2.33 bits per heavy atom. The summed E-state index contributed by atoms with van der Waals surface area (Å²) < 4.78 is 0. The second kappa shape index (κ2) is 3.25. The fourth-order valence-electron chi connectivity index (χ4n) is 1.74. The summed E-state index contributed by atoms with van der Waals surface area (Å²) in [6, 6.07) is 0. The van der Waals surface area contributed by atoms with Crippen LogP contribution in [0.2, 0.25) is 0 Å². The van der Waals surface area contributed by atoms with Gasteiger partial charge in [0.05, 0.1) is 11.9 Å². The molecule has 15 heavy (non-hydrogen) atoms. The van der Waals surface area contributed by atoms with Crippen LogP contribution in [0.15, 0.2) is 6.20 Å². The van der Waals surface area contributed by atoms with E-state index in [0.717, 1.165) is 0 Å². The van der Waals surface area contributed by atoms with Crippen LogP contribution in [0.5, 0.6) is 0 Å². The molecule has 5 nitrogen and oxygen atoms in total. The minimum Gasteiger partial charge on any atom is -0.396 e. The van der Waals surface area contributed by atoms with Crippen molar-refractivity contribution in [3.8, 4) is 0 Å². The van der Waals surface area contributed by atoms with Crippen LogP contribution in [0.1, 0.15) is 37.2 Å². The van der Waals surface area contributed by atoms with Gasteiger partial charge in [-0.25, -0.2) is 0 Å². The number of nitrogens with two attached hydrogens (primary N) is 1. The second-order valence-corrected chi connectivity index (χ2v) is 4.65. The summed E-state index contributed by atoms with van der Waals surface area (Å²) in [6.45, 7) is 4.07. The van der Waals surface area contributed by atoms with Crippen molar-refractivity contribution in [2.75, 3.05) is 5.73 Å². The summed E-state index contributed by atoms with van der Waals surface area (Å²) in [6.07, 6.45) is 3.82. The van der Waals surface area contributed by atoms with E-state index in [-0.39, 0.29) is 11.4 Å². The highest BCUT2D eigenvalue weighted by Crippen LogP contribution is 2.39. The number of rotatable bonds is 3. The maximum atomic E-state index is 11.8. The molecular formula is C10H16N4O. The van der Waals surface area contributed by atoms with Gasteiger partial charge >= 0.3 is 0 Å². The number of hydrogen-bond acceptors (Lipinski definition) is 3. The second-order valence-electron chi connectivity index (χ2n) is 4.65. The molecular weight excluding hydrogens is 192 g/mol. The zero-order chi connectivity index (χ0) is 11.1. The van der Waals surface area contributed by atoms with E-state index in [2.05, 4.69) is 15.5 Å². The average Bonchev–Trinajstić information content (AvgIpc) is 2.89. The number of nitrogens with zero attached hydrogens (tertiary/aromatic N) is 1. The SMILES string of the molecule is CC(C)(NC(=O)c1[nH]ncc1N)C1CC1. The third kappa shape index (κ3) is 1.95. The van der Waals surface area contributed by atoms with Crippen molar-refractivity contribution in [2.24, 2.45) is 5.92 Å². The molecule has 1 heterocycles. The Labute approximate surface area is 88.4 Å². The van der Waals surface area contributed by atoms with Crippen molar-refractivity contribution in [1.29, 1.82) is 0 Å². The molecule has 1 saturated carbocycles. The monoisotopic (exact) mass is 208 g/mol. The fraction of sp³-hybridized carbons (Fsp3) is 0.600. The van der Waals surface area contributed by atoms with Gasteiger partial charge in [-0.3, -0.25) is 9.89 Å². The lowest BCUT2D eigenvalue weighted by Gasteiger charge is -2.25. The Kier molecular flexibility index (Phi) is 2.17. The number of aromatic nitrogens is 2. The Hall–Kier alpha value is -1.52. The van der Waals surface area contributed by atoms with Gasteiger partial charge in [0.1, 0.15) is 5.69 Å². The van der Waals surface area contributed by atoms with Gasteiger partial charge < -0.3 is 11.1 Å². The van der Waals surface area contributed by atoms with Crippen LogP contribution in [-0.2, 0) is 0 Å². The van der Waals surface area contributed by atoms with E-state index in [4.69, 9.17) is 5.73 Å². The topological polar surface area (TPSA) is 83.8 Å². The molecule has 0 aromatic carbocycles. The molecule has 0 radical (unpaired) electrons. The van der Waals surface area contributed by atoms with Crippen molar-refractivity contribution < 1.29 is 4.79 Å². The largest absolute Gasteiger partial charge is 0.396 e. The first-order valence-corrected chi connectivity index (χ1v) is 5.12. The van der Waals surface area contributed by atoms with Crippen LogP contribution >= 0.6 is 0 Å². The normalized spacial score (nSPS) is 16.4. The molecule has 1 aliphatic carbocycles. The molecule has 0 saturated heterocycles. The molecule has 2 rings (SSSR count). The van der Waals surface area contributed by atoms with E-state index >= 15 is 0 Å². The predicted molar refractivity (Wildman–Crippen MR) is 57.3 cm³/mol. The molecule has 0 unspecified atom stereocenters. The maximum Gasteiger partial charge on any atom is 0.271 e. The summed E-state index contributed by atoms with van der Waals surface area (Å²) in [5.74, 6) is 0.410. The number of anilines is 1. The van der Waals surface area contributed by atoms with Gasteiger partial charge in [0, 0.05) is 5.54 Å². The highest BCUT2D eigenvalue weighted by molar-refractivity contribution is 5.97. The number of carbonyl (C=O) groups is 1. The zero-order valence-electron chi connectivity index (χ0n) is 9.00. The number of aromatic amines is 1. The molecule has 0 aliphatic heterocycles. The molecule has 1 aromatic heterocycles. The summed E-state index contributed by atoms with van der Waals surface area (Å²) >= 11 is 0. The standard InChI is InChI=1S/C10H16N4O/c1-10(2,6-3-4-6)13-9(15)8-7(11)5-12-14-8/h5-6H,3-4,11H2,1-2H3,(H,12,14)(H,13,15). The van der Waals surface area contributed by atoms with Crippen LogP contribution in [-0.4, -0.2) is 21.6 Å². The molecule has 1 aromatic rings. The van der Waals surface area contributed by atoms with Gasteiger partial charge in [-0.05, 0) is 32.6 Å². The van der Waals surface area contributed by atoms with Crippen LogP contribution in [0.25, 0.3) is 0 Å². The van der Waals surface area contributed by atoms with E-state index < -0.39 is 0 Å². The minimum absolute atomic E-state index is 0.158. The molecule has 5 heteroatoms. The van der Waals surface area contributed by atoms with E-state index in [1.807, 2.05) is 13.8 Å². The van der Waals surface area contributed by atoms with E-state index in [1.54, 1.807) is 0 Å². The molecule has 1 fully saturated rings. The quantitative estimate of drug-likeness (QED) is 0.690. The summed E-state index contributed by atoms with van der Waals surface area (Å²) in [4.78, 5) is 11.8. The molecule has 0 bridgehead atoms. The van der Waals surface area contributed by atoms with Gasteiger partial charge in [-0.15, -0.1) is 0 Å². The molecule has 4 N–H and O–H groups in total. The number of hydrogen-bond donors (Lipinski definition) is 3. The molecule has 0 spiro atoms. The lowest BCUT2D eigenvalue weighted by molar-refractivity contribution is 0.0899. The Morgan fingerprint density at radius 3 is 2.80 bits per heavy atom. The first-order chi connectivity index (χ1) is 7.00. The maximum absolute atomic E-state index is 11.8. The molecule has 82 valence electrons. The number of H-pyrrole nitrogens is 1. The Balaban J connectivity index is 2.06. The van der Waals surface area contributed by atoms with E-state index in [1.165, 1.54) is 19.0 Å². The lowest BCUT2D eigenvalue weighted by atomic mass is 9.98. The third-order valence-electron chi connectivity index (χ3n) is 2.93. The van der Waals surface area contributed by atoms with E-state index in [9.17, 15) is 4.79 Å². The Morgan fingerprint density at radius 1 is 1.67 bits per heavy atom. The summed E-state index contributed by atoms with van der Waals surface area (Å²) in [5, 5.41) is 9.29. The molecule has 1 amide bonds. The Bertz CT molecular complexity index is 379. The summed E-state index contributed by atoms with van der Waals surface area (Å²) in [7, 11) is 0. The highest BCUT2D eigenvalue weighted by atomic mass is 16.2. The van der Waals surface area contributed by atoms with Gasteiger partial charge in [-0.1, -0.05) is 0 Å². The summed E-state index contributed by atoms with van der Waals surface area (Å²) in [5.41, 5.74) is 6.18. The van der Waals surface area contributed by atoms with Crippen molar-refractivity contribution in [2.45, 2.75) is 32.2 Å². The van der Waals surface area contributed by atoms with Gasteiger partial charge in [0.2, 0.25) is 0 Å². The highest BCUT2D eigenvalue weighted by Gasteiger charge is 2.39. The van der Waals surface area contributed by atoms with Crippen LogP contribution in [0.4, 0.5) is 5.69 Å². The predicted octanol–water partition coefficient (Wildman–Crippen LogP) is 0.910. The zero-order valence-corrected chi connectivity index (χ0v) is 9.00. The lowest BCUT2D eigenvalue weighted by Crippen LogP contribution is -2.45. The molecule has 1 aliphatic rings. The third-order valence-corrected chi connectivity index (χ3v) is 2.93. The number of carbonyl (C=O) groups excluding carboxylic acids is 1. The first-order valence-electron chi connectivity index (χ1n) is 5.12. The van der Waals surface area contributed by atoms with Crippen molar-refractivity contribution in [3.63, 3.8) is 0 Å². The van der Waals surface area contributed by atoms with Gasteiger partial charge in [0.25, 0.3) is 5.91 Å². The average molecular weight is 208 g/mol. The number of nitrogens with one attached hydrogen (secondary N) is 2. The van der Waals surface area contributed by atoms with Gasteiger partial charge in [0.15, 0.2) is 0 Å². The minimum atomic E-state index is -0.179. The van der Waals surface area contributed by atoms with Crippen molar-refractivity contribution >= 4 is 11.6 Å². The number of amides is 1. The van der Waals surface area contributed by atoms with Gasteiger partial charge in [-0.2, -0.15) is 5.10 Å². The van der Waals surface area contributed by atoms with Crippen molar-refractivity contribution in [3.05, 3.63) is 11.9 Å². The van der Waals surface area contributed by atoms with Crippen LogP contribution in [0, 0.1) is 5.92 Å². The van der Waals surface area contributed by atoms with Crippen LogP contribution < -0.4 is 11.1 Å². The number of nitrogen functional groups attached to an aromatic ring is 1. The van der Waals surface area contributed by atoms with Crippen molar-refractivity contribution in [1.82, 2.24) is 15.5 Å². The smallest absolute Gasteiger partial charge is 0.271 e. The fourth-order valence-corrected chi connectivity index (χ4v) is 1.74. The first kappa shape index (κ1) is 10.0. The van der Waals surface area contributed by atoms with Crippen LogP contribution in [0.3, 0.4) is 0 Å². The molecule has 0 atom stereocenters.